The number of aromatic nitrogens is 4. The summed E-state index contributed by atoms with van der Waals surface area (Å²) in [4.78, 5) is 0. The molecule has 0 atom stereocenters. The van der Waals surface area contributed by atoms with Crippen LogP contribution >= 0.6 is 15.9 Å². The molecule has 0 spiro atoms. The summed E-state index contributed by atoms with van der Waals surface area (Å²) in [5.74, 6) is 0.800. The third kappa shape index (κ3) is 2.81. The lowest BCUT2D eigenvalue weighted by Gasteiger charge is -2.23. The monoisotopic (exact) mass is 349 g/mol. The van der Waals surface area contributed by atoms with E-state index in [1.165, 1.54) is 25.7 Å². The maximum Gasteiger partial charge on any atom is 0.182 e. The van der Waals surface area contributed by atoms with Crippen LogP contribution in [0.15, 0.2) is 16.6 Å². The van der Waals surface area contributed by atoms with E-state index < -0.39 is 0 Å². The van der Waals surface area contributed by atoms with Crippen molar-refractivity contribution in [2.45, 2.75) is 46.1 Å². The van der Waals surface area contributed by atoms with Crippen LogP contribution in [-0.4, -0.2) is 20.2 Å². The van der Waals surface area contributed by atoms with E-state index in [0.717, 1.165) is 33.7 Å². The summed E-state index contributed by atoms with van der Waals surface area (Å²) in [5.41, 5.74) is 9.12. The molecule has 2 aromatic rings. The summed E-state index contributed by atoms with van der Waals surface area (Å²) in [6.45, 7) is 5.20. The first-order valence-corrected chi connectivity index (χ1v) is 8.10. The number of tetrazole rings is 1. The summed E-state index contributed by atoms with van der Waals surface area (Å²) in [6, 6.07) is 3.94. The van der Waals surface area contributed by atoms with Crippen LogP contribution in [0.3, 0.4) is 0 Å². The van der Waals surface area contributed by atoms with E-state index >= 15 is 0 Å². The molecule has 6 heteroatoms. The maximum atomic E-state index is 6.06. The summed E-state index contributed by atoms with van der Waals surface area (Å²) < 4.78 is 2.88. The molecule has 3 rings (SSSR count). The summed E-state index contributed by atoms with van der Waals surface area (Å²) in [6.07, 6.45) is 5.09. The van der Waals surface area contributed by atoms with Crippen molar-refractivity contribution in [3.05, 3.63) is 22.2 Å². The fraction of sp³-hybridized carbons (Fsp3) is 0.533. The summed E-state index contributed by atoms with van der Waals surface area (Å²) in [5, 5.41) is 12.3. The van der Waals surface area contributed by atoms with E-state index in [2.05, 4.69) is 38.4 Å². The second-order valence-electron chi connectivity index (χ2n) is 6.35. The molecular formula is C15H20BrN5. The van der Waals surface area contributed by atoms with Crippen molar-refractivity contribution in [3.63, 3.8) is 0 Å². The van der Waals surface area contributed by atoms with Gasteiger partial charge in [-0.15, -0.1) is 5.10 Å². The molecule has 112 valence electrons. The fourth-order valence-corrected chi connectivity index (χ4v) is 3.66. The Morgan fingerprint density at radius 1 is 1.33 bits per heavy atom. The second-order valence-corrected chi connectivity index (χ2v) is 7.26. The SMILES string of the molecule is Cc1c(N)cc(Br)cc1-c1nnnn1CC1(C)CCCC1. The molecule has 0 bridgehead atoms. The molecule has 1 fully saturated rings. The normalized spacial score (nSPS) is 17.3. The minimum Gasteiger partial charge on any atom is -0.398 e. The van der Waals surface area contributed by atoms with Gasteiger partial charge in [-0.1, -0.05) is 35.7 Å². The van der Waals surface area contributed by atoms with Gasteiger partial charge in [-0.2, -0.15) is 0 Å². The predicted octanol–water partition coefficient (Wildman–Crippen LogP) is 3.57. The molecule has 0 radical (unpaired) electrons. The Morgan fingerprint density at radius 2 is 2.05 bits per heavy atom. The number of hydrogen-bond acceptors (Lipinski definition) is 4. The van der Waals surface area contributed by atoms with E-state index in [-0.39, 0.29) is 0 Å². The average molecular weight is 350 g/mol. The summed E-state index contributed by atoms with van der Waals surface area (Å²) in [7, 11) is 0. The molecule has 2 N–H and O–H groups in total. The van der Waals surface area contributed by atoms with E-state index in [4.69, 9.17) is 5.73 Å². The number of anilines is 1. The van der Waals surface area contributed by atoms with Gasteiger partial charge in [-0.3, -0.25) is 0 Å². The Labute approximate surface area is 133 Å². The van der Waals surface area contributed by atoms with Crippen molar-refractivity contribution in [1.29, 1.82) is 0 Å². The molecule has 0 saturated heterocycles. The van der Waals surface area contributed by atoms with Crippen LogP contribution in [0.25, 0.3) is 11.4 Å². The number of halogens is 1. The van der Waals surface area contributed by atoms with Crippen molar-refractivity contribution >= 4 is 21.6 Å². The lowest BCUT2D eigenvalue weighted by atomic mass is 9.89. The lowest BCUT2D eigenvalue weighted by molar-refractivity contribution is 0.267. The van der Waals surface area contributed by atoms with Gasteiger partial charge in [0.05, 0.1) is 6.54 Å². The third-order valence-corrected chi connectivity index (χ3v) is 4.99. The maximum absolute atomic E-state index is 6.06. The van der Waals surface area contributed by atoms with Gasteiger partial charge in [-0.25, -0.2) is 4.68 Å². The summed E-state index contributed by atoms with van der Waals surface area (Å²) >= 11 is 3.50. The highest BCUT2D eigenvalue weighted by Gasteiger charge is 2.30. The number of benzene rings is 1. The van der Waals surface area contributed by atoms with Crippen molar-refractivity contribution in [2.24, 2.45) is 5.41 Å². The molecule has 0 unspecified atom stereocenters. The first kappa shape index (κ1) is 14.5. The number of nitrogen functional groups attached to an aromatic ring is 1. The van der Waals surface area contributed by atoms with E-state index in [0.29, 0.717) is 5.41 Å². The van der Waals surface area contributed by atoms with Gasteiger partial charge in [0.15, 0.2) is 5.82 Å². The van der Waals surface area contributed by atoms with E-state index in [1.807, 2.05) is 23.7 Å². The molecule has 5 nitrogen and oxygen atoms in total. The number of nitrogens with zero attached hydrogens (tertiary/aromatic N) is 4. The smallest absolute Gasteiger partial charge is 0.182 e. The minimum absolute atomic E-state index is 0.301. The third-order valence-electron chi connectivity index (χ3n) is 4.53. The molecule has 1 aliphatic carbocycles. The number of hydrogen-bond donors (Lipinski definition) is 1. The predicted molar refractivity (Wildman–Crippen MR) is 86.7 cm³/mol. The second kappa shape index (κ2) is 5.40. The highest BCUT2D eigenvalue weighted by atomic mass is 79.9. The van der Waals surface area contributed by atoms with Crippen LogP contribution in [-0.2, 0) is 6.54 Å². The molecule has 1 saturated carbocycles. The van der Waals surface area contributed by atoms with Crippen LogP contribution in [0.1, 0.15) is 38.2 Å². The van der Waals surface area contributed by atoms with Gasteiger partial charge in [0.1, 0.15) is 0 Å². The van der Waals surface area contributed by atoms with Crippen LogP contribution in [0, 0.1) is 12.3 Å². The molecule has 1 aromatic carbocycles. The molecule has 1 heterocycles. The molecular weight excluding hydrogens is 330 g/mol. The van der Waals surface area contributed by atoms with Crippen LogP contribution < -0.4 is 5.73 Å². The van der Waals surface area contributed by atoms with Crippen LogP contribution in [0.2, 0.25) is 0 Å². The van der Waals surface area contributed by atoms with Crippen LogP contribution in [0.4, 0.5) is 5.69 Å². The standard InChI is InChI=1S/C15H20BrN5/c1-10-12(7-11(16)8-13(10)17)14-18-19-20-21(14)9-15(2)5-3-4-6-15/h7-8H,3-6,9,17H2,1-2H3. The minimum atomic E-state index is 0.301. The van der Waals surface area contributed by atoms with Gasteiger partial charge >= 0.3 is 0 Å². The molecule has 21 heavy (non-hydrogen) atoms. The molecule has 1 aromatic heterocycles. The Hall–Kier alpha value is -1.43. The molecule has 1 aliphatic rings. The van der Waals surface area contributed by atoms with E-state index in [1.54, 1.807) is 0 Å². The lowest BCUT2D eigenvalue weighted by Crippen LogP contribution is -2.21. The fourth-order valence-electron chi connectivity index (χ4n) is 3.18. The van der Waals surface area contributed by atoms with Crippen molar-refractivity contribution < 1.29 is 0 Å². The highest BCUT2D eigenvalue weighted by molar-refractivity contribution is 9.10. The van der Waals surface area contributed by atoms with Gasteiger partial charge in [-0.05, 0) is 53.3 Å². The topological polar surface area (TPSA) is 69.6 Å². The molecule has 0 amide bonds. The Kier molecular flexibility index (Phi) is 3.73. The average Bonchev–Trinajstić information content (AvgIpc) is 3.04. The van der Waals surface area contributed by atoms with Crippen molar-refractivity contribution in [2.75, 3.05) is 5.73 Å². The Morgan fingerprint density at radius 3 is 2.76 bits per heavy atom. The largest absolute Gasteiger partial charge is 0.398 e. The zero-order valence-corrected chi connectivity index (χ0v) is 14.0. The zero-order valence-electron chi connectivity index (χ0n) is 12.4. The number of rotatable bonds is 3. The van der Waals surface area contributed by atoms with Crippen molar-refractivity contribution in [1.82, 2.24) is 20.2 Å². The first-order valence-electron chi connectivity index (χ1n) is 7.31. The van der Waals surface area contributed by atoms with Gasteiger partial charge in [0.25, 0.3) is 0 Å². The zero-order chi connectivity index (χ0) is 15.0. The van der Waals surface area contributed by atoms with E-state index in [9.17, 15) is 0 Å². The first-order chi connectivity index (χ1) is 9.98. The van der Waals surface area contributed by atoms with Gasteiger partial charge in [0, 0.05) is 15.7 Å². The number of nitrogens with two attached hydrogens (primary N) is 1. The van der Waals surface area contributed by atoms with Crippen LogP contribution in [0.5, 0.6) is 0 Å². The Bertz CT molecular complexity index is 658. The van der Waals surface area contributed by atoms with Crippen molar-refractivity contribution in [3.8, 4) is 11.4 Å². The Balaban J connectivity index is 1.99. The quantitative estimate of drug-likeness (QED) is 0.859. The molecule has 0 aliphatic heterocycles. The van der Waals surface area contributed by atoms with Gasteiger partial charge < -0.3 is 5.73 Å². The van der Waals surface area contributed by atoms with Gasteiger partial charge in [0.2, 0.25) is 0 Å². The highest BCUT2D eigenvalue weighted by Crippen LogP contribution is 2.39.